The van der Waals surface area contributed by atoms with Crippen molar-refractivity contribution in [2.75, 3.05) is 30.9 Å². The highest BCUT2D eigenvalue weighted by Crippen LogP contribution is 2.10. The van der Waals surface area contributed by atoms with Gasteiger partial charge in [0, 0.05) is 38.0 Å². The van der Waals surface area contributed by atoms with E-state index in [0.717, 1.165) is 35.9 Å². The lowest BCUT2D eigenvalue weighted by atomic mass is 10.2. The number of hydrogen-bond donors (Lipinski definition) is 3. The maximum absolute atomic E-state index is 11.5. The molecule has 6 heteroatoms. The maximum atomic E-state index is 11.5. The summed E-state index contributed by atoms with van der Waals surface area (Å²) in [6.45, 7) is 3.58. The Bertz CT molecular complexity index is 474. The van der Waals surface area contributed by atoms with E-state index in [2.05, 4.69) is 27.2 Å². The molecule has 0 aliphatic rings. The lowest BCUT2D eigenvalue weighted by Gasteiger charge is -2.12. The van der Waals surface area contributed by atoms with E-state index in [1.165, 1.54) is 0 Å². The van der Waals surface area contributed by atoms with Crippen molar-refractivity contribution in [3.63, 3.8) is 0 Å². The number of guanidine groups is 1. The van der Waals surface area contributed by atoms with Crippen LogP contribution in [-0.2, 0) is 11.3 Å². The molecule has 0 saturated heterocycles. The molecule has 0 fully saturated rings. The summed E-state index contributed by atoms with van der Waals surface area (Å²) in [7, 11) is 1.76. The minimum atomic E-state index is 0.0618. The van der Waals surface area contributed by atoms with Gasteiger partial charge in [-0.15, -0.1) is 0 Å². The summed E-state index contributed by atoms with van der Waals surface area (Å²) >= 11 is 1.80. The zero-order valence-corrected chi connectivity index (χ0v) is 14.4. The van der Waals surface area contributed by atoms with Crippen LogP contribution in [0.3, 0.4) is 0 Å². The number of carbonyl (C=O) groups is 1. The number of anilines is 1. The van der Waals surface area contributed by atoms with E-state index in [1.54, 1.807) is 18.8 Å². The molecule has 0 aliphatic heterocycles. The Morgan fingerprint density at radius 1 is 1.23 bits per heavy atom. The number of benzene rings is 1. The summed E-state index contributed by atoms with van der Waals surface area (Å²) in [5, 5.41) is 9.40. The first kappa shape index (κ1) is 18.4. The maximum Gasteiger partial charge on any atom is 0.224 e. The molecule has 3 N–H and O–H groups in total. The van der Waals surface area contributed by atoms with Crippen molar-refractivity contribution in [1.29, 1.82) is 0 Å². The van der Waals surface area contributed by atoms with Crippen LogP contribution in [0.25, 0.3) is 0 Å². The fourth-order valence-electron chi connectivity index (χ4n) is 1.83. The van der Waals surface area contributed by atoms with E-state index in [0.29, 0.717) is 13.0 Å². The largest absolute Gasteiger partial charge is 0.356 e. The van der Waals surface area contributed by atoms with E-state index >= 15 is 0 Å². The van der Waals surface area contributed by atoms with Crippen LogP contribution >= 0.6 is 11.8 Å². The summed E-state index contributed by atoms with van der Waals surface area (Å²) in [6.07, 6.45) is 3.50. The predicted octanol–water partition coefficient (Wildman–Crippen LogP) is 2.45. The van der Waals surface area contributed by atoms with Crippen LogP contribution < -0.4 is 16.0 Å². The van der Waals surface area contributed by atoms with Crippen molar-refractivity contribution >= 4 is 29.3 Å². The average Bonchev–Trinajstić information content (AvgIpc) is 2.52. The highest BCUT2D eigenvalue weighted by Gasteiger charge is 2.01. The van der Waals surface area contributed by atoms with Crippen LogP contribution in [-0.4, -0.2) is 37.5 Å². The number of carbonyl (C=O) groups excluding carboxylic acids is 1. The van der Waals surface area contributed by atoms with Gasteiger partial charge in [0.2, 0.25) is 5.91 Å². The van der Waals surface area contributed by atoms with Gasteiger partial charge in [-0.25, -0.2) is 0 Å². The monoisotopic (exact) mass is 322 g/mol. The summed E-state index contributed by atoms with van der Waals surface area (Å²) < 4.78 is 0. The number of nitrogens with zero attached hydrogens (tertiary/aromatic N) is 1. The summed E-state index contributed by atoms with van der Waals surface area (Å²) in [4.78, 5) is 15.7. The molecule has 5 nitrogen and oxygen atoms in total. The Hall–Kier alpha value is -1.69. The summed E-state index contributed by atoms with van der Waals surface area (Å²) in [5.41, 5.74) is 1.98. The highest BCUT2D eigenvalue weighted by atomic mass is 32.2. The predicted molar refractivity (Wildman–Crippen MR) is 96.6 cm³/mol. The standard InChI is InChI=1S/C16H26N4OS/c1-4-5-15(21)20-14-8-6-13(7-9-14)12-19-16(17-2)18-10-11-22-3/h6-9H,4-5,10-12H2,1-3H3,(H,20,21)(H2,17,18,19). The van der Waals surface area contributed by atoms with Gasteiger partial charge in [0.05, 0.1) is 0 Å². The van der Waals surface area contributed by atoms with Crippen LogP contribution in [0.1, 0.15) is 25.3 Å². The van der Waals surface area contributed by atoms with E-state index in [1.807, 2.05) is 31.2 Å². The van der Waals surface area contributed by atoms with Gasteiger partial charge in [-0.2, -0.15) is 11.8 Å². The molecule has 0 spiro atoms. The first-order chi connectivity index (χ1) is 10.7. The molecule has 0 bridgehead atoms. The van der Waals surface area contributed by atoms with Crippen molar-refractivity contribution < 1.29 is 4.79 Å². The second-order valence-corrected chi connectivity index (χ2v) is 5.83. The van der Waals surface area contributed by atoms with Gasteiger partial charge in [-0.3, -0.25) is 9.79 Å². The van der Waals surface area contributed by atoms with Crippen LogP contribution in [0.5, 0.6) is 0 Å². The Balaban J connectivity index is 2.41. The molecule has 1 aromatic rings. The molecule has 0 radical (unpaired) electrons. The fourth-order valence-corrected chi connectivity index (χ4v) is 2.14. The molecule has 0 heterocycles. The minimum absolute atomic E-state index is 0.0618. The molecule has 0 aromatic heterocycles. The van der Waals surface area contributed by atoms with Crippen molar-refractivity contribution in [1.82, 2.24) is 10.6 Å². The number of rotatable bonds is 8. The zero-order valence-electron chi connectivity index (χ0n) is 13.6. The van der Waals surface area contributed by atoms with Crippen molar-refractivity contribution in [3.05, 3.63) is 29.8 Å². The molecule has 0 aliphatic carbocycles. The van der Waals surface area contributed by atoms with Gasteiger partial charge in [0.15, 0.2) is 5.96 Å². The van der Waals surface area contributed by atoms with Gasteiger partial charge in [-0.05, 0) is 30.4 Å². The third kappa shape index (κ3) is 7.36. The minimum Gasteiger partial charge on any atom is -0.356 e. The van der Waals surface area contributed by atoms with Gasteiger partial charge in [-0.1, -0.05) is 19.1 Å². The summed E-state index contributed by atoms with van der Waals surface area (Å²) in [5.74, 6) is 1.91. The Morgan fingerprint density at radius 3 is 2.55 bits per heavy atom. The normalized spacial score (nSPS) is 11.1. The number of amides is 1. The first-order valence-corrected chi connectivity index (χ1v) is 8.91. The molecule has 1 aromatic carbocycles. The fraction of sp³-hybridized carbons (Fsp3) is 0.500. The third-order valence-electron chi connectivity index (χ3n) is 3.00. The lowest BCUT2D eigenvalue weighted by Crippen LogP contribution is -2.37. The van der Waals surface area contributed by atoms with Gasteiger partial charge < -0.3 is 16.0 Å². The SMILES string of the molecule is CCCC(=O)Nc1ccc(CNC(=NC)NCCSC)cc1. The molecule has 1 rings (SSSR count). The average molecular weight is 322 g/mol. The van der Waals surface area contributed by atoms with Crippen LogP contribution in [0.2, 0.25) is 0 Å². The van der Waals surface area contributed by atoms with E-state index in [-0.39, 0.29) is 5.91 Å². The highest BCUT2D eigenvalue weighted by molar-refractivity contribution is 7.98. The second-order valence-electron chi connectivity index (χ2n) is 4.84. The molecule has 0 saturated carbocycles. The number of hydrogen-bond acceptors (Lipinski definition) is 3. The van der Waals surface area contributed by atoms with Gasteiger partial charge in [0.1, 0.15) is 0 Å². The van der Waals surface area contributed by atoms with E-state index in [9.17, 15) is 4.79 Å². The van der Waals surface area contributed by atoms with Crippen LogP contribution in [0.15, 0.2) is 29.3 Å². The lowest BCUT2D eigenvalue weighted by molar-refractivity contribution is -0.116. The third-order valence-corrected chi connectivity index (χ3v) is 3.61. The smallest absolute Gasteiger partial charge is 0.224 e. The summed E-state index contributed by atoms with van der Waals surface area (Å²) in [6, 6.07) is 7.86. The van der Waals surface area contributed by atoms with Crippen molar-refractivity contribution in [2.24, 2.45) is 4.99 Å². The van der Waals surface area contributed by atoms with Crippen molar-refractivity contribution in [3.8, 4) is 0 Å². The van der Waals surface area contributed by atoms with Crippen molar-refractivity contribution in [2.45, 2.75) is 26.3 Å². The second kappa shape index (κ2) is 11.0. The van der Waals surface area contributed by atoms with Crippen LogP contribution in [0.4, 0.5) is 5.69 Å². The molecule has 22 heavy (non-hydrogen) atoms. The van der Waals surface area contributed by atoms with E-state index in [4.69, 9.17) is 0 Å². The Labute approximate surface area is 137 Å². The first-order valence-electron chi connectivity index (χ1n) is 7.51. The Morgan fingerprint density at radius 2 is 1.95 bits per heavy atom. The van der Waals surface area contributed by atoms with Gasteiger partial charge >= 0.3 is 0 Å². The molecule has 0 unspecified atom stereocenters. The molecule has 1 amide bonds. The molecular weight excluding hydrogens is 296 g/mol. The van der Waals surface area contributed by atoms with Gasteiger partial charge in [0.25, 0.3) is 0 Å². The zero-order chi connectivity index (χ0) is 16.2. The van der Waals surface area contributed by atoms with E-state index < -0.39 is 0 Å². The molecular formula is C16H26N4OS. The number of thioether (sulfide) groups is 1. The van der Waals surface area contributed by atoms with Crippen LogP contribution in [0, 0.1) is 0 Å². The topological polar surface area (TPSA) is 65.5 Å². The number of aliphatic imine (C=N–C) groups is 1. The molecule has 122 valence electrons. The molecule has 0 atom stereocenters. The number of nitrogens with one attached hydrogen (secondary N) is 3. The Kier molecular flexibility index (Phi) is 9.14. The quantitative estimate of drug-likeness (QED) is 0.391.